The number of hydrogen-bond acceptors (Lipinski definition) is 2. The third-order valence-electron chi connectivity index (χ3n) is 3.88. The average molecular weight is 338 g/mol. The van der Waals surface area contributed by atoms with Gasteiger partial charge >= 0.3 is 0 Å². The Kier molecular flexibility index (Phi) is 4.92. The molecule has 1 atom stereocenters. The number of aldehydes is 1. The van der Waals surface area contributed by atoms with Crippen molar-refractivity contribution in [2.24, 2.45) is 0 Å². The van der Waals surface area contributed by atoms with Crippen LogP contribution in [0.5, 0.6) is 0 Å². The van der Waals surface area contributed by atoms with E-state index in [0.29, 0.717) is 17.0 Å². The second kappa shape index (κ2) is 7.28. The number of fused-ring (bicyclic) bond motifs is 1. The molecule has 4 heteroatoms. The summed E-state index contributed by atoms with van der Waals surface area (Å²) in [5, 5.41) is 4.84. The monoisotopic (exact) mass is 337 g/mol. The minimum absolute atomic E-state index is 0.343. The van der Waals surface area contributed by atoms with Crippen molar-refractivity contribution < 1.29 is 9.59 Å². The number of hydrogen-bond donors (Lipinski definition) is 1. The van der Waals surface area contributed by atoms with Gasteiger partial charge in [0.2, 0.25) is 0 Å². The van der Waals surface area contributed by atoms with Crippen molar-refractivity contribution in [1.82, 2.24) is 5.32 Å². The Morgan fingerprint density at radius 3 is 2.46 bits per heavy atom. The van der Waals surface area contributed by atoms with Crippen LogP contribution in [0.2, 0.25) is 5.02 Å². The zero-order valence-corrected chi connectivity index (χ0v) is 13.7. The number of halogens is 1. The van der Waals surface area contributed by atoms with Crippen molar-refractivity contribution in [2.45, 2.75) is 12.5 Å². The SMILES string of the molecule is O=CC(Cc1ccccc1)NC(=O)c1c(Cl)ccc2ccccc12. The van der Waals surface area contributed by atoms with Crippen LogP contribution >= 0.6 is 11.6 Å². The van der Waals surface area contributed by atoms with Crippen LogP contribution < -0.4 is 5.32 Å². The molecule has 1 N–H and O–H groups in total. The van der Waals surface area contributed by atoms with E-state index in [0.717, 1.165) is 22.6 Å². The maximum absolute atomic E-state index is 12.7. The molecule has 0 aromatic heterocycles. The quantitative estimate of drug-likeness (QED) is 0.714. The first kappa shape index (κ1) is 16.2. The number of benzene rings is 3. The molecule has 0 fully saturated rings. The zero-order valence-electron chi connectivity index (χ0n) is 12.9. The molecule has 0 aliphatic carbocycles. The lowest BCUT2D eigenvalue weighted by Crippen LogP contribution is -2.37. The first-order valence-corrected chi connectivity index (χ1v) is 8.04. The fourth-order valence-corrected chi connectivity index (χ4v) is 2.97. The van der Waals surface area contributed by atoms with E-state index in [1.807, 2.05) is 60.7 Å². The molecule has 0 radical (unpaired) electrons. The lowest BCUT2D eigenvalue weighted by molar-refractivity contribution is -0.109. The molecule has 0 spiro atoms. The summed E-state index contributed by atoms with van der Waals surface area (Å²) in [5.41, 5.74) is 1.38. The van der Waals surface area contributed by atoms with Crippen molar-refractivity contribution in [3.05, 3.63) is 82.9 Å². The summed E-state index contributed by atoms with van der Waals surface area (Å²) < 4.78 is 0. The van der Waals surface area contributed by atoms with Crippen molar-refractivity contribution in [3.63, 3.8) is 0 Å². The summed E-state index contributed by atoms with van der Waals surface area (Å²) in [6.07, 6.45) is 1.20. The molecule has 0 saturated heterocycles. The van der Waals surface area contributed by atoms with Gasteiger partial charge in [0.15, 0.2) is 0 Å². The summed E-state index contributed by atoms with van der Waals surface area (Å²) in [5.74, 6) is -0.343. The van der Waals surface area contributed by atoms with Gasteiger partial charge in [0.05, 0.1) is 16.6 Å². The van der Waals surface area contributed by atoms with Gasteiger partial charge in [-0.3, -0.25) is 4.79 Å². The number of carbonyl (C=O) groups excluding carboxylic acids is 2. The van der Waals surface area contributed by atoms with Gasteiger partial charge in [-0.2, -0.15) is 0 Å². The molecular formula is C20H16ClNO2. The summed E-state index contributed by atoms with van der Waals surface area (Å²) in [4.78, 5) is 24.1. The molecule has 0 saturated carbocycles. The minimum atomic E-state index is -0.602. The van der Waals surface area contributed by atoms with Gasteiger partial charge in [0.25, 0.3) is 5.91 Å². The molecule has 3 nitrogen and oxygen atoms in total. The molecule has 3 aromatic carbocycles. The molecule has 120 valence electrons. The van der Waals surface area contributed by atoms with E-state index < -0.39 is 6.04 Å². The van der Waals surface area contributed by atoms with Crippen LogP contribution in [0.15, 0.2) is 66.7 Å². The highest BCUT2D eigenvalue weighted by atomic mass is 35.5. The number of amides is 1. The number of rotatable bonds is 5. The van der Waals surface area contributed by atoms with Crippen molar-refractivity contribution in [1.29, 1.82) is 0 Å². The number of nitrogens with one attached hydrogen (secondary N) is 1. The van der Waals surface area contributed by atoms with Crippen LogP contribution in [0.3, 0.4) is 0 Å². The molecule has 3 rings (SSSR count). The van der Waals surface area contributed by atoms with Crippen LogP contribution in [0.1, 0.15) is 15.9 Å². The van der Waals surface area contributed by atoms with Crippen LogP contribution in [0, 0.1) is 0 Å². The van der Waals surface area contributed by atoms with Gasteiger partial charge in [-0.25, -0.2) is 0 Å². The van der Waals surface area contributed by atoms with E-state index in [1.165, 1.54) is 0 Å². The summed E-state index contributed by atoms with van der Waals surface area (Å²) >= 11 is 6.24. The third kappa shape index (κ3) is 3.47. The molecule has 0 bridgehead atoms. The average Bonchev–Trinajstić information content (AvgIpc) is 2.61. The van der Waals surface area contributed by atoms with E-state index in [-0.39, 0.29) is 5.91 Å². The Balaban J connectivity index is 1.86. The molecule has 0 heterocycles. The van der Waals surface area contributed by atoms with Crippen LogP contribution in [-0.4, -0.2) is 18.2 Å². The largest absolute Gasteiger partial charge is 0.342 e. The summed E-state index contributed by atoms with van der Waals surface area (Å²) in [6.45, 7) is 0. The first-order chi connectivity index (χ1) is 11.7. The van der Waals surface area contributed by atoms with Gasteiger partial charge < -0.3 is 10.1 Å². The lowest BCUT2D eigenvalue weighted by Gasteiger charge is -2.15. The molecule has 24 heavy (non-hydrogen) atoms. The molecule has 1 unspecified atom stereocenters. The fourth-order valence-electron chi connectivity index (χ4n) is 2.72. The second-order valence-corrected chi connectivity index (χ2v) is 5.96. The normalized spacial score (nSPS) is 11.9. The molecule has 0 aliphatic rings. The molecule has 0 aliphatic heterocycles. The standard InChI is InChI=1S/C20H16ClNO2/c21-18-11-10-15-8-4-5-9-17(15)19(18)20(24)22-16(13-23)12-14-6-2-1-3-7-14/h1-11,13,16H,12H2,(H,22,24). The fraction of sp³-hybridized carbons (Fsp3) is 0.100. The van der Waals surface area contributed by atoms with E-state index >= 15 is 0 Å². The molecule has 1 amide bonds. The van der Waals surface area contributed by atoms with Crippen molar-refractivity contribution in [2.75, 3.05) is 0 Å². The summed E-state index contributed by atoms with van der Waals surface area (Å²) in [6, 6.07) is 20.1. The third-order valence-corrected chi connectivity index (χ3v) is 4.20. The van der Waals surface area contributed by atoms with Crippen molar-refractivity contribution in [3.8, 4) is 0 Å². The highest BCUT2D eigenvalue weighted by molar-refractivity contribution is 6.35. The first-order valence-electron chi connectivity index (χ1n) is 7.66. The topological polar surface area (TPSA) is 46.2 Å². The lowest BCUT2D eigenvalue weighted by atomic mass is 10.0. The summed E-state index contributed by atoms with van der Waals surface area (Å²) in [7, 11) is 0. The predicted molar refractivity (Wildman–Crippen MR) is 96.4 cm³/mol. The van der Waals surface area contributed by atoms with E-state index in [2.05, 4.69) is 5.32 Å². The van der Waals surface area contributed by atoms with Gasteiger partial charge in [-0.05, 0) is 28.8 Å². The second-order valence-electron chi connectivity index (χ2n) is 5.55. The van der Waals surface area contributed by atoms with Gasteiger partial charge in [-0.1, -0.05) is 72.3 Å². The smallest absolute Gasteiger partial charge is 0.254 e. The van der Waals surface area contributed by atoms with E-state index in [1.54, 1.807) is 6.07 Å². The molecular weight excluding hydrogens is 322 g/mol. The molecule has 3 aromatic rings. The van der Waals surface area contributed by atoms with Crippen LogP contribution in [0.4, 0.5) is 0 Å². The minimum Gasteiger partial charge on any atom is -0.342 e. The van der Waals surface area contributed by atoms with E-state index in [9.17, 15) is 9.59 Å². The maximum atomic E-state index is 12.7. The van der Waals surface area contributed by atoms with Crippen molar-refractivity contribution >= 4 is 34.6 Å². The Labute approximate surface area is 145 Å². The Morgan fingerprint density at radius 2 is 1.71 bits per heavy atom. The van der Waals surface area contributed by atoms with Crippen LogP contribution in [0.25, 0.3) is 10.8 Å². The predicted octanol–water partition coefficient (Wildman–Crippen LogP) is 4.03. The van der Waals surface area contributed by atoms with Gasteiger partial charge in [-0.15, -0.1) is 0 Å². The van der Waals surface area contributed by atoms with Gasteiger partial charge in [0.1, 0.15) is 6.29 Å². The Morgan fingerprint density at radius 1 is 1.00 bits per heavy atom. The van der Waals surface area contributed by atoms with E-state index in [4.69, 9.17) is 11.6 Å². The maximum Gasteiger partial charge on any atom is 0.254 e. The Bertz CT molecular complexity index is 877. The number of carbonyl (C=O) groups is 2. The zero-order chi connectivity index (χ0) is 16.9. The Hall–Kier alpha value is -2.65. The van der Waals surface area contributed by atoms with Crippen LogP contribution in [-0.2, 0) is 11.2 Å². The highest BCUT2D eigenvalue weighted by Crippen LogP contribution is 2.26. The highest BCUT2D eigenvalue weighted by Gasteiger charge is 2.18. The van der Waals surface area contributed by atoms with Gasteiger partial charge in [0, 0.05) is 0 Å².